The summed E-state index contributed by atoms with van der Waals surface area (Å²) in [6.07, 6.45) is 0. The fraction of sp³-hybridized carbons (Fsp3) is 0.214. The first kappa shape index (κ1) is 12.6. The number of carbonyl (C=O) groups excluding carboxylic acids is 2. The van der Waals surface area contributed by atoms with Crippen LogP contribution >= 0.6 is 0 Å². The summed E-state index contributed by atoms with van der Waals surface area (Å²) in [4.78, 5) is 25.9. The van der Waals surface area contributed by atoms with Crippen molar-refractivity contribution in [2.75, 3.05) is 26.0 Å². The zero-order valence-electron chi connectivity index (χ0n) is 11.2. The molecule has 6 nitrogen and oxygen atoms in total. The van der Waals surface area contributed by atoms with Gasteiger partial charge in [0.25, 0.3) is 0 Å². The van der Waals surface area contributed by atoms with E-state index in [1.165, 1.54) is 0 Å². The quantitative estimate of drug-likeness (QED) is 0.747. The van der Waals surface area contributed by atoms with E-state index >= 15 is 0 Å². The summed E-state index contributed by atoms with van der Waals surface area (Å²) in [5, 5.41) is 9.55. The van der Waals surface area contributed by atoms with Crippen molar-refractivity contribution in [3.8, 4) is 11.3 Å². The molecule has 6 heteroatoms. The zero-order chi connectivity index (χ0) is 14.3. The minimum Gasteiger partial charge on any atom is -0.307 e. The molecular weight excluding hydrogens is 256 g/mol. The summed E-state index contributed by atoms with van der Waals surface area (Å²) >= 11 is 0. The van der Waals surface area contributed by atoms with Crippen LogP contribution in [0.1, 0.15) is 15.9 Å². The molecule has 0 unspecified atom stereocenters. The Morgan fingerprint density at radius 2 is 2.00 bits per heavy atom. The first-order valence-electron chi connectivity index (χ1n) is 6.25. The van der Waals surface area contributed by atoms with E-state index in [1.807, 2.05) is 18.2 Å². The van der Waals surface area contributed by atoms with Gasteiger partial charge in [0.1, 0.15) is 0 Å². The van der Waals surface area contributed by atoms with Crippen molar-refractivity contribution in [1.29, 1.82) is 0 Å². The standard InChI is InChI=1S/C14H14N4O2/c1-18(2)7-10(19)15-14-11-12(16-17-14)8-5-3-4-6-9(8)13(11)20/h3-6H,7H2,1-2H3,(H2,15,16,17,19). The number of amides is 1. The maximum Gasteiger partial charge on any atom is 0.239 e. The van der Waals surface area contributed by atoms with Gasteiger partial charge in [-0.2, -0.15) is 5.10 Å². The van der Waals surface area contributed by atoms with Crippen molar-refractivity contribution in [3.63, 3.8) is 0 Å². The molecule has 0 fully saturated rings. The number of benzene rings is 1. The summed E-state index contributed by atoms with van der Waals surface area (Å²) in [5.41, 5.74) is 2.58. The van der Waals surface area contributed by atoms with Crippen molar-refractivity contribution in [3.05, 3.63) is 35.4 Å². The maximum atomic E-state index is 12.4. The first-order valence-corrected chi connectivity index (χ1v) is 6.25. The number of nitrogens with zero attached hydrogens (tertiary/aromatic N) is 2. The largest absolute Gasteiger partial charge is 0.307 e. The van der Waals surface area contributed by atoms with Gasteiger partial charge >= 0.3 is 0 Å². The van der Waals surface area contributed by atoms with Crippen LogP contribution in [0.3, 0.4) is 0 Å². The second kappa shape index (κ2) is 4.57. The second-order valence-electron chi connectivity index (χ2n) is 4.98. The molecule has 0 aliphatic heterocycles. The number of ketones is 1. The Hall–Kier alpha value is -2.47. The Labute approximate surface area is 115 Å². The van der Waals surface area contributed by atoms with Crippen LogP contribution in [-0.4, -0.2) is 47.4 Å². The molecule has 1 amide bonds. The van der Waals surface area contributed by atoms with Crippen LogP contribution in [0.25, 0.3) is 11.3 Å². The third-order valence-corrected chi connectivity index (χ3v) is 3.15. The number of nitrogens with one attached hydrogen (secondary N) is 2. The smallest absolute Gasteiger partial charge is 0.239 e. The molecule has 2 N–H and O–H groups in total. The Balaban J connectivity index is 1.94. The molecule has 0 radical (unpaired) electrons. The lowest BCUT2D eigenvalue weighted by Crippen LogP contribution is -2.27. The molecule has 1 heterocycles. The number of fused-ring (bicyclic) bond motifs is 3. The van der Waals surface area contributed by atoms with Gasteiger partial charge in [0.2, 0.25) is 5.91 Å². The van der Waals surface area contributed by atoms with Gasteiger partial charge in [-0.05, 0) is 14.1 Å². The van der Waals surface area contributed by atoms with Crippen LogP contribution in [0.5, 0.6) is 0 Å². The van der Waals surface area contributed by atoms with Crippen molar-refractivity contribution in [2.24, 2.45) is 0 Å². The normalized spacial score (nSPS) is 12.4. The van der Waals surface area contributed by atoms with E-state index in [0.29, 0.717) is 22.6 Å². The molecule has 0 saturated heterocycles. The van der Waals surface area contributed by atoms with Crippen LogP contribution in [0.4, 0.5) is 5.82 Å². The van der Waals surface area contributed by atoms with E-state index in [4.69, 9.17) is 0 Å². The molecule has 0 atom stereocenters. The van der Waals surface area contributed by atoms with Crippen molar-refractivity contribution in [1.82, 2.24) is 15.1 Å². The summed E-state index contributed by atoms with van der Waals surface area (Å²) in [6, 6.07) is 7.33. The summed E-state index contributed by atoms with van der Waals surface area (Å²) in [7, 11) is 3.60. The SMILES string of the molecule is CN(C)CC(=O)Nc1n[nH]c2c1C(=O)c1ccccc1-2. The fourth-order valence-electron chi connectivity index (χ4n) is 2.34. The fourth-order valence-corrected chi connectivity index (χ4v) is 2.34. The predicted octanol–water partition coefficient (Wildman–Crippen LogP) is 1.12. The second-order valence-corrected chi connectivity index (χ2v) is 4.98. The van der Waals surface area contributed by atoms with E-state index in [0.717, 1.165) is 5.56 Å². The van der Waals surface area contributed by atoms with Gasteiger partial charge in [-0.3, -0.25) is 14.7 Å². The number of H-pyrrole nitrogens is 1. The average molecular weight is 270 g/mol. The van der Waals surface area contributed by atoms with Gasteiger partial charge in [0, 0.05) is 11.1 Å². The van der Waals surface area contributed by atoms with Gasteiger partial charge in [-0.15, -0.1) is 0 Å². The predicted molar refractivity (Wildman–Crippen MR) is 74.6 cm³/mol. The van der Waals surface area contributed by atoms with Gasteiger partial charge < -0.3 is 10.2 Å². The van der Waals surface area contributed by atoms with Crippen molar-refractivity contribution >= 4 is 17.5 Å². The number of aromatic amines is 1. The highest BCUT2D eigenvalue weighted by atomic mass is 16.2. The van der Waals surface area contributed by atoms with Crippen LogP contribution in [-0.2, 0) is 4.79 Å². The lowest BCUT2D eigenvalue weighted by atomic mass is 10.1. The van der Waals surface area contributed by atoms with Gasteiger partial charge in [-0.1, -0.05) is 24.3 Å². The van der Waals surface area contributed by atoms with E-state index in [-0.39, 0.29) is 18.2 Å². The average Bonchev–Trinajstić information content (AvgIpc) is 2.91. The maximum absolute atomic E-state index is 12.4. The number of rotatable bonds is 3. The lowest BCUT2D eigenvalue weighted by molar-refractivity contribution is -0.116. The van der Waals surface area contributed by atoms with Crippen LogP contribution in [0, 0.1) is 0 Å². The Morgan fingerprint density at radius 1 is 1.30 bits per heavy atom. The molecule has 0 spiro atoms. The van der Waals surface area contributed by atoms with Crippen LogP contribution < -0.4 is 5.32 Å². The first-order chi connectivity index (χ1) is 9.58. The molecule has 3 rings (SSSR count). The molecule has 1 aromatic carbocycles. The van der Waals surface area contributed by atoms with Gasteiger partial charge in [0.05, 0.1) is 17.8 Å². The molecule has 1 aromatic heterocycles. The Kier molecular flexibility index (Phi) is 2.87. The van der Waals surface area contributed by atoms with Crippen molar-refractivity contribution < 1.29 is 9.59 Å². The van der Waals surface area contributed by atoms with E-state index in [1.54, 1.807) is 25.1 Å². The summed E-state index contributed by atoms with van der Waals surface area (Å²) in [6.45, 7) is 0.239. The number of hydrogen-bond donors (Lipinski definition) is 2. The molecule has 1 aliphatic rings. The molecule has 20 heavy (non-hydrogen) atoms. The van der Waals surface area contributed by atoms with Crippen LogP contribution in [0.2, 0.25) is 0 Å². The van der Waals surface area contributed by atoms with Gasteiger partial charge in [-0.25, -0.2) is 0 Å². The minimum absolute atomic E-state index is 0.107. The third kappa shape index (κ3) is 1.90. The third-order valence-electron chi connectivity index (χ3n) is 3.15. The number of aromatic nitrogens is 2. The van der Waals surface area contributed by atoms with E-state index in [2.05, 4.69) is 15.5 Å². The highest BCUT2D eigenvalue weighted by Crippen LogP contribution is 2.38. The number of hydrogen-bond acceptors (Lipinski definition) is 4. The molecule has 0 saturated carbocycles. The molecule has 0 bridgehead atoms. The molecule has 2 aromatic rings. The minimum atomic E-state index is -0.201. The lowest BCUT2D eigenvalue weighted by Gasteiger charge is -2.08. The highest BCUT2D eigenvalue weighted by molar-refractivity contribution is 6.24. The molecular formula is C14H14N4O2. The number of likely N-dealkylation sites (N-methyl/N-ethyl adjacent to an activating group) is 1. The van der Waals surface area contributed by atoms with Crippen molar-refractivity contribution in [2.45, 2.75) is 0 Å². The van der Waals surface area contributed by atoms with E-state index in [9.17, 15) is 9.59 Å². The highest BCUT2D eigenvalue weighted by Gasteiger charge is 2.32. The molecule has 102 valence electrons. The molecule has 1 aliphatic carbocycles. The van der Waals surface area contributed by atoms with E-state index < -0.39 is 0 Å². The Bertz CT molecular complexity index is 703. The number of carbonyl (C=O) groups is 2. The topological polar surface area (TPSA) is 78.1 Å². The monoisotopic (exact) mass is 270 g/mol. The summed E-state index contributed by atoms with van der Waals surface area (Å²) < 4.78 is 0. The number of anilines is 1. The summed E-state index contributed by atoms with van der Waals surface area (Å²) in [5.74, 6) is -0.00870. The van der Waals surface area contributed by atoms with Gasteiger partial charge in [0.15, 0.2) is 11.6 Å². The Morgan fingerprint density at radius 3 is 2.70 bits per heavy atom. The van der Waals surface area contributed by atoms with Crippen LogP contribution in [0.15, 0.2) is 24.3 Å². The zero-order valence-corrected chi connectivity index (χ0v) is 11.2.